The van der Waals surface area contributed by atoms with Gasteiger partial charge in [-0.15, -0.1) is 0 Å². The van der Waals surface area contributed by atoms with Crippen molar-refractivity contribution in [2.75, 3.05) is 0 Å². The molecule has 0 heterocycles. The minimum atomic E-state index is -0.743. The highest BCUT2D eigenvalue weighted by Crippen LogP contribution is 2.25. The van der Waals surface area contributed by atoms with Crippen LogP contribution in [0.5, 0.6) is 0 Å². The molecule has 35 heavy (non-hydrogen) atoms. The lowest BCUT2D eigenvalue weighted by Gasteiger charge is -2.15. The molecule has 1 N–H and O–H groups in total. The summed E-state index contributed by atoms with van der Waals surface area (Å²) in [6.07, 6.45) is 17.8. The Hall–Kier alpha value is -2.09. The van der Waals surface area contributed by atoms with Gasteiger partial charge in [-0.2, -0.15) is 0 Å². The van der Waals surface area contributed by atoms with E-state index in [1.54, 1.807) is 6.92 Å². The van der Waals surface area contributed by atoms with Crippen LogP contribution >= 0.6 is 0 Å². The Labute approximate surface area is 218 Å². The summed E-state index contributed by atoms with van der Waals surface area (Å²) in [7, 11) is 0. The van der Waals surface area contributed by atoms with E-state index in [-0.39, 0.29) is 5.92 Å². The molecule has 2 aliphatic rings. The Morgan fingerprint density at radius 3 is 1.97 bits per heavy atom. The molecule has 0 aromatic heterocycles. The van der Waals surface area contributed by atoms with E-state index in [1.807, 2.05) is 71.9 Å². The third kappa shape index (κ3) is 17.1. The summed E-state index contributed by atoms with van der Waals surface area (Å²) < 4.78 is 0. The topological polar surface area (TPSA) is 37.3 Å². The van der Waals surface area contributed by atoms with Crippen LogP contribution in [0.25, 0.3) is 5.57 Å². The number of aliphatic carboxylic acids is 1. The van der Waals surface area contributed by atoms with Gasteiger partial charge >= 0.3 is 5.97 Å². The smallest absolute Gasteiger partial charge is 0.306 e. The Morgan fingerprint density at radius 2 is 1.60 bits per heavy atom. The van der Waals surface area contributed by atoms with Gasteiger partial charge in [0.2, 0.25) is 0 Å². The molecule has 3 rings (SSSR count). The monoisotopic (exact) mass is 484 g/mol. The number of hydrogen-bond donors (Lipinski definition) is 1. The summed E-state index contributed by atoms with van der Waals surface area (Å²) in [6.45, 7) is 20.5. The first-order chi connectivity index (χ1) is 16.7. The molecule has 2 heteroatoms. The summed E-state index contributed by atoms with van der Waals surface area (Å²) in [5.41, 5.74) is 4.94. The standard InChI is InChI=1S/C14H18O2.C8H12.C7H14.2C2H6/c1-4-12(9-11(3)14(15)16)13-8-6-5-7-10(13)2;1-7-4-3-5-8(2)6-7;1-7-5-3-2-4-6-7;2*1-2/h4-8,11H,9H2,1-3H3,(H,15,16);3-5,7H,6H2,1-2H3;7H,2-6H2,1H3;2*1-2H3/b12-4-;;;;/t11-;;;;/m1..../s1. The maximum atomic E-state index is 10.8. The number of carboxylic acids is 1. The van der Waals surface area contributed by atoms with Crippen molar-refractivity contribution in [3.63, 3.8) is 0 Å². The molecule has 1 fully saturated rings. The molecule has 1 aromatic rings. The molecule has 0 amide bonds. The second-order valence-corrected chi connectivity index (χ2v) is 9.39. The van der Waals surface area contributed by atoms with E-state index < -0.39 is 5.97 Å². The van der Waals surface area contributed by atoms with Crippen molar-refractivity contribution < 1.29 is 9.90 Å². The van der Waals surface area contributed by atoms with Crippen LogP contribution in [0, 0.1) is 24.7 Å². The molecule has 2 atom stereocenters. The summed E-state index contributed by atoms with van der Waals surface area (Å²) in [6, 6.07) is 8.06. The number of allylic oxidation sites excluding steroid dienone is 6. The highest BCUT2D eigenvalue weighted by atomic mass is 16.4. The van der Waals surface area contributed by atoms with Gasteiger partial charge in [0, 0.05) is 0 Å². The van der Waals surface area contributed by atoms with Crippen LogP contribution in [0.4, 0.5) is 0 Å². The second kappa shape index (κ2) is 22.4. The van der Waals surface area contributed by atoms with Crippen LogP contribution in [0.1, 0.15) is 118 Å². The minimum absolute atomic E-state index is 0.342. The van der Waals surface area contributed by atoms with E-state index in [0.717, 1.165) is 23.0 Å². The van der Waals surface area contributed by atoms with Crippen LogP contribution in [0.3, 0.4) is 0 Å². The van der Waals surface area contributed by atoms with E-state index in [0.29, 0.717) is 6.42 Å². The zero-order valence-corrected chi connectivity index (χ0v) is 24.7. The number of rotatable bonds is 4. The lowest BCUT2D eigenvalue weighted by Crippen LogP contribution is -2.10. The predicted octanol–water partition coefficient (Wildman–Crippen LogP) is 10.7. The van der Waals surface area contributed by atoms with Crippen molar-refractivity contribution >= 4 is 11.5 Å². The van der Waals surface area contributed by atoms with Crippen LogP contribution in [-0.4, -0.2) is 11.1 Å². The molecular formula is C33H56O2. The quantitative estimate of drug-likeness (QED) is 0.461. The number of benzene rings is 1. The van der Waals surface area contributed by atoms with E-state index in [1.165, 1.54) is 49.7 Å². The third-order valence-electron chi connectivity index (χ3n) is 6.15. The summed E-state index contributed by atoms with van der Waals surface area (Å²) in [5, 5.41) is 8.92. The van der Waals surface area contributed by atoms with Gasteiger partial charge in [0.25, 0.3) is 0 Å². The summed E-state index contributed by atoms with van der Waals surface area (Å²) in [4.78, 5) is 10.8. The van der Waals surface area contributed by atoms with Crippen LogP contribution < -0.4 is 0 Å². The van der Waals surface area contributed by atoms with Crippen molar-refractivity contribution in [1.82, 2.24) is 0 Å². The summed E-state index contributed by atoms with van der Waals surface area (Å²) >= 11 is 0. The Morgan fingerprint density at radius 1 is 1.03 bits per heavy atom. The van der Waals surface area contributed by atoms with E-state index in [2.05, 4.69) is 39.0 Å². The van der Waals surface area contributed by atoms with E-state index >= 15 is 0 Å². The predicted molar refractivity (Wildman–Crippen MR) is 158 cm³/mol. The van der Waals surface area contributed by atoms with Gasteiger partial charge in [-0.3, -0.25) is 4.79 Å². The molecule has 2 aliphatic carbocycles. The molecule has 1 aromatic carbocycles. The number of hydrogen-bond acceptors (Lipinski definition) is 1. The van der Waals surface area contributed by atoms with Crippen molar-refractivity contribution in [1.29, 1.82) is 0 Å². The SMILES string of the molecule is C/C=C(/C[C@@H](C)C(=O)O)c1ccccc1C.CC.CC.CC1=CC=CC(C)C1.CC1CCCCC1. The zero-order chi connectivity index (χ0) is 27.2. The third-order valence-corrected chi connectivity index (χ3v) is 6.15. The normalized spacial score (nSPS) is 17.9. The van der Waals surface area contributed by atoms with Gasteiger partial charge in [-0.1, -0.05) is 135 Å². The molecule has 1 unspecified atom stereocenters. The Bertz CT molecular complexity index is 748. The molecule has 2 nitrogen and oxygen atoms in total. The first-order valence-electron chi connectivity index (χ1n) is 14.0. The highest BCUT2D eigenvalue weighted by Gasteiger charge is 2.14. The van der Waals surface area contributed by atoms with Gasteiger partial charge < -0.3 is 5.11 Å². The fourth-order valence-corrected chi connectivity index (χ4v) is 4.09. The largest absolute Gasteiger partial charge is 0.481 e. The average molecular weight is 485 g/mol. The minimum Gasteiger partial charge on any atom is -0.481 e. The van der Waals surface area contributed by atoms with Gasteiger partial charge in [0.15, 0.2) is 0 Å². The van der Waals surface area contributed by atoms with E-state index in [4.69, 9.17) is 5.11 Å². The van der Waals surface area contributed by atoms with Gasteiger partial charge in [-0.05, 0) is 62.1 Å². The lowest BCUT2D eigenvalue weighted by atomic mass is 9.91. The van der Waals surface area contributed by atoms with Crippen molar-refractivity contribution in [2.45, 2.75) is 114 Å². The van der Waals surface area contributed by atoms with Crippen molar-refractivity contribution in [3.8, 4) is 0 Å². The van der Waals surface area contributed by atoms with Crippen LogP contribution in [0.2, 0.25) is 0 Å². The molecule has 200 valence electrons. The number of carboxylic acid groups (broad SMARTS) is 1. The Balaban J connectivity index is 0. The molecule has 0 bridgehead atoms. The number of aryl methyl sites for hydroxylation is 1. The first-order valence-corrected chi connectivity index (χ1v) is 14.0. The molecular weight excluding hydrogens is 428 g/mol. The maximum Gasteiger partial charge on any atom is 0.306 e. The lowest BCUT2D eigenvalue weighted by molar-refractivity contribution is -0.140. The van der Waals surface area contributed by atoms with Crippen molar-refractivity contribution in [2.24, 2.45) is 17.8 Å². The zero-order valence-electron chi connectivity index (χ0n) is 24.7. The van der Waals surface area contributed by atoms with Gasteiger partial charge in [0.1, 0.15) is 0 Å². The Kier molecular flexibility index (Phi) is 22.4. The first kappa shape index (κ1) is 35.1. The summed E-state index contributed by atoms with van der Waals surface area (Å²) in [5.74, 6) is 0.715. The molecule has 0 saturated heterocycles. The number of carbonyl (C=O) groups is 1. The van der Waals surface area contributed by atoms with Crippen molar-refractivity contribution in [3.05, 3.63) is 65.3 Å². The second-order valence-electron chi connectivity index (χ2n) is 9.39. The van der Waals surface area contributed by atoms with Crippen LogP contribution in [0.15, 0.2) is 54.1 Å². The fourth-order valence-electron chi connectivity index (χ4n) is 4.09. The average Bonchev–Trinajstić information content (AvgIpc) is 2.86. The van der Waals surface area contributed by atoms with E-state index in [9.17, 15) is 4.79 Å². The highest BCUT2D eigenvalue weighted by molar-refractivity contribution is 5.75. The molecule has 0 radical (unpaired) electrons. The van der Waals surface area contributed by atoms with Gasteiger partial charge in [0.05, 0.1) is 5.92 Å². The molecule has 1 saturated carbocycles. The molecule has 0 spiro atoms. The fraction of sp³-hybridized carbons (Fsp3) is 0.606. The maximum absolute atomic E-state index is 10.8. The van der Waals surface area contributed by atoms with Gasteiger partial charge in [-0.25, -0.2) is 0 Å². The van der Waals surface area contributed by atoms with Crippen LogP contribution in [-0.2, 0) is 4.79 Å². The molecule has 0 aliphatic heterocycles.